The van der Waals surface area contributed by atoms with Crippen molar-refractivity contribution in [1.29, 1.82) is 0 Å². The molecular formula is C38H49N5O9. The summed E-state index contributed by atoms with van der Waals surface area (Å²) in [5.74, 6) is 1.57. The Hall–Kier alpha value is -5.21. The van der Waals surface area contributed by atoms with Gasteiger partial charge in [-0.3, -0.25) is 4.79 Å². The molecule has 0 aromatic heterocycles. The number of methoxy groups -OCH3 is 1. The lowest BCUT2D eigenvalue weighted by molar-refractivity contribution is -0.0115. The van der Waals surface area contributed by atoms with Crippen molar-refractivity contribution in [2.24, 2.45) is 5.92 Å². The third kappa shape index (κ3) is 9.98. The number of carbonyl (C=O) groups excluding carboxylic acids is 3. The number of aliphatic hydroxyl groups excluding tert-OH is 1. The smallest absolute Gasteiger partial charge is 0.323 e. The van der Waals surface area contributed by atoms with Crippen LogP contribution in [0.1, 0.15) is 50.4 Å². The zero-order valence-corrected chi connectivity index (χ0v) is 30.3. The van der Waals surface area contributed by atoms with Gasteiger partial charge in [-0.15, -0.1) is 0 Å². The van der Waals surface area contributed by atoms with E-state index in [-0.39, 0.29) is 56.0 Å². The molecule has 0 radical (unpaired) electrons. The van der Waals surface area contributed by atoms with Gasteiger partial charge >= 0.3 is 12.1 Å². The molecule has 2 aliphatic heterocycles. The fourth-order valence-electron chi connectivity index (χ4n) is 5.98. The second-order valence-electron chi connectivity index (χ2n) is 13.2. The summed E-state index contributed by atoms with van der Waals surface area (Å²) in [6.07, 6.45) is 1.69. The van der Waals surface area contributed by atoms with Crippen LogP contribution in [0.2, 0.25) is 0 Å². The van der Waals surface area contributed by atoms with E-state index >= 15 is 0 Å². The maximum atomic E-state index is 14.4. The largest absolute Gasteiger partial charge is 0.497 e. The number of rotatable bonds is 8. The van der Waals surface area contributed by atoms with Crippen molar-refractivity contribution in [2.45, 2.75) is 58.3 Å². The molecule has 3 aromatic rings. The van der Waals surface area contributed by atoms with Gasteiger partial charge in [-0.25, -0.2) is 9.59 Å². The number of hydrogen-bond acceptors (Lipinski definition) is 9. The predicted molar refractivity (Wildman–Crippen MR) is 197 cm³/mol. The average Bonchev–Trinajstić information content (AvgIpc) is 3.61. The second-order valence-corrected chi connectivity index (χ2v) is 13.2. The number of ether oxygens (including phenoxy) is 5. The Morgan fingerprint density at radius 1 is 0.942 bits per heavy atom. The zero-order chi connectivity index (χ0) is 37.2. The first-order chi connectivity index (χ1) is 25.0. The number of carbonyl (C=O) groups is 3. The lowest BCUT2D eigenvalue weighted by Gasteiger charge is -2.35. The Morgan fingerprint density at radius 3 is 2.33 bits per heavy atom. The average molecular weight is 720 g/mol. The summed E-state index contributed by atoms with van der Waals surface area (Å²) in [5.41, 5.74) is 1.75. The van der Waals surface area contributed by atoms with Crippen molar-refractivity contribution in [3.8, 4) is 23.0 Å². The monoisotopic (exact) mass is 719 g/mol. The predicted octanol–water partition coefficient (Wildman–Crippen LogP) is 6.03. The van der Waals surface area contributed by atoms with Crippen molar-refractivity contribution >= 4 is 35.0 Å². The quantitative estimate of drug-likeness (QED) is 0.218. The van der Waals surface area contributed by atoms with Gasteiger partial charge < -0.3 is 54.5 Å². The van der Waals surface area contributed by atoms with Gasteiger partial charge in [0.15, 0.2) is 11.5 Å². The Labute approximate surface area is 304 Å². The molecule has 0 saturated carbocycles. The number of aliphatic hydroxyl groups is 1. The molecular weight excluding hydrogens is 670 g/mol. The minimum atomic E-state index is -0.559. The summed E-state index contributed by atoms with van der Waals surface area (Å²) in [5, 5.41) is 18.8. The maximum Gasteiger partial charge on any atom is 0.323 e. The highest BCUT2D eigenvalue weighted by atomic mass is 16.7. The topological polar surface area (TPSA) is 160 Å². The fourth-order valence-corrected chi connectivity index (χ4v) is 5.98. The van der Waals surface area contributed by atoms with Crippen LogP contribution in [0.4, 0.5) is 26.7 Å². The van der Waals surface area contributed by atoms with Gasteiger partial charge in [0.05, 0.1) is 37.5 Å². The van der Waals surface area contributed by atoms with Crippen LogP contribution in [0.25, 0.3) is 0 Å². The molecule has 0 fully saturated rings. The van der Waals surface area contributed by atoms with E-state index in [9.17, 15) is 19.5 Å². The molecule has 14 nitrogen and oxygen atoms in total. The van der Waals surface area contributed by atoms with Crippen LogP contribution in [0.15, 0.2) is 60.7 Å². The van der Waals surface area contributed by atoms with Gasteiger partial charge in [0.1, 0.15) is 11.5 Å². The van der Waals surface area contributed by atoms with Crippen molar-refractivity contribution in [2.75, 3.05) is 63.2 Å². The third-order valence-electron chi connectivity index (χ3n) is 9.08. The Morgan fingerprint density at radius 2 is 1.62 bits per heavy atom. The van der Waals surface area contributed by atoms with Gasteiger partial charge in [-0.1, -0.05) is 6.92 Å². The SMILES string of the molecule is COc1ccc(NC(=O)N(C)C[C@H]2OCCCC[C@H](C)Oc3ccc(NC(=O)Nc4ccc5c(c4)OCO5)cc3C(=O)N([C@H](C)CO)C[C@@H]2C)cc1. The van der Waals surface area contributed by atoms with E-state index in [0.29, 0.717) is 46.7 Å². The molecule has 2 aliphatic rings. The molecule has 0 unspecified atom stereocenters. The van der Waals surface area contributed by atoms with Crippen molar-refractivity contribution in [3.05, 3.63) is 66.2 Å². The van der Waals surface area contributed by atoms with Crippen molar-refractivity contribution in [1.82, 2.24) is 9.80 Å². The third-order valence-corrected chi connectivity index (χ3v) is 9.08. The van der Waals surface area contributed by atoms with Crippen LogP contribution >= 0.6 is 0 Å². The van der Waals surface area contributed by atoms with Gasteiger partial charge in [0.2, 0.25) is 6.79 Å². The summed E-state index contributed by atoms with van der Waals surface area (Å²) in [6, 6.07) is 15.7. The van der Waals surface area contributed by atoms with Crippen LogP contribution in [0.3, 0.4) is 0 Å². The molecule has 52 heavy (non-hydrogen) atoms. The van der Waals surface area contributed by atoms with E-state index < -0.39 is 18.2 Å². The molecule has 5 amide bonds. The van der Waals surface area contributed by atoms with Crippen LogP contribution in [0.5, 0.6) is 23.0 Å². The molecule has 4 N–H and O–H groups in total. The summed E-state index contributed by atoms with van der Waals surface area (Å²) in [6.45, 7) is 6.47. The lowest BCUT2D eigenvalue weighted by Crippen LogP contribution is -2.48. The highest BCUT2D eigenvalue weighted by Crippen LogP contribution is 2.34. The van der Waals surface area contributed by atoms with Crippen molar-refractivity contribution < 1.29 is 43.2 Å². The van der Waals surface area contributed by atoms with Crippen LogP contribution in [-0.4, -0.2) is 98.4 Å². The summed E-state index contributed by atoms with van der Waals surface area (Å²) < 4.78 is 28.6. The van der Waals surface area contributed by atoms with Gasteiger partial charge in [0, 0.05) is 55.8 Å². The fraction of sp³-hybridized carbons (Fsp3) is 0.447. The first-order valence-corrected chi connectivity index (χ1v) is 17.5. The summed E-state index contributed by atoms with van der Waals surface area (Å²) in [4.78, 5) is 43.8. The van der Waals surface area contributed by atoms with E-state index in [1.807, 2.05) is 13.8 Å². The Bertz CT molecular complexity index is 1690. The van der Waals surface area contributed by atoms with Crippen LogP contribution < -0.4 is 34.9 Å². The normalized spacial score (nSPS) is 19.7. The van der Waals surface area contributed by atoms with Crippen LogP contribution in [-0.2, 0) is 4.74 Å². The number of nitrogens with one attached hydrogen (secondary N) is 3. The first-order valence-electron chi connectivity index (χ1n) is 17.5. The summed E-state index contributed by atoms with van der Waals surface area (Å²) in [7, 11) is 3.28. The summed E-state index contributed by atoms with van der Waals surface area (Å²) >= 11 is 0. The number of nitrogens with zero attached hydrogens (tertiary/aromatic N) is 2. The number of anilines is 3. The molecule has 0 bridgehead atoms. The Kier molecular flexibility index (Phi) is 13.0. The first kappa shape index (κ1) is 38.0. The standard InChI is InChI=1S/C38H49N5O9/c1-24-20-43(25(2)22-44)36(45)31-18-28(39-37(46)40-29-12-16-33-34(19-29)51-23-50-33)11-15-32(31)52-26(3)8-6-7-17-49-35(24)21-42(4)38(47)41-27-9-13-30(48-5)14-10-27/h9-16,18-19,24-26,35,44H,6-8,17,20-23H2,1-5H3,(H,41,47)(H2,39,40,46)/t24-,25+,26-,35+/m0/s1. The minimum Gasteiger partial charge on any atom is -0.497 e. The molecule has 2 heterocycles. The highest BCUT2D eigenvalue weighted by Gasteiger charge is 2.31. The number of hydrogen-bond donors (Lipinski definition) is 4. The lowest BCUT2D eigenvalue weighted by atomic mass is 10.0. The number of fused-ring (bicyclic) bond motifs is 2. The molecule has 4 atom stereocenters. The molecule has 14 heteroatoms. The number of urea groups is 2. The minimum absolute atomic E-state index is 0.118. The molecule has 280 valence electrons. The number of benzene rings is 3. The zero-order valence-electron chi connectivity index (χ0n) is 30.3. The van der Waals surface area contributed by atoms with E-state index in [4.69, 9.17) is 23.7 Å². The van der Waals surface area contributed by atoms with E-state index in [2.05, 4.69) is 16.0 Å². The number of likely N-dealkylation sites (N-methyl/N-ethyl adjacent to an activating group) is 1. The van der Waals surface area contributed by atoms with E-state index in [1.165, 1.54) is 0 Å². The maximum absolute atomic E-state index is 14.4. The van der Waals surface area contributed by atoms with Gasteiger partial charge in [0.25, 0.3) is 5.91 Å². The van der Waals surface area contributed by atoms with E-state index in [0.717, 1.165) is 19.3 Å². The molecule has 3 aromatic carbocycles. The Balaban J connectivity index is 1.34. The molecule has 0 saturated heterocycles. The van der Waals surface area contributed by atoms with Gasteiger partial charge in [-0.05, 0) is 87.7 Å². The second kappa shape index (κ2) is 17.8. The van der Waals surface area contributed by atoms with Gasteiger partial charge in [-0.2, -0.15) is 0 Å². The molecule has 0 aliphatic carbocycles. The molecule has 0 spiro atoms. The highest BCUT2D eigenvalue weighted by molar-refractivity contribution is 6.02. The van der Waals surface area contributed by atoms with Crippen molar-refractivity contribution in [3.63, 3.8) is 0 Å². The molecule has 5 rings (SSSR count). The van der Waals surface area contributed by atoms with Crippen LogP contribution in [0, 0.1) is 5.92 Å². The van der Waals surface area contributed by atoms with E-state index in [1.54, 1.807) is 91.5 Å². The number of amides is 5.